The molecule has 2 heterocycles. The molecule has 0 bridgehead atoms. The standard InChI is InChI=1S/C8H9N5S/c1-5(9)7-12-13-8(14-7)6-2-10-4-11-3-6/h2-5H,9H2,1H3. The van der Waals surface area contributed by atoms with Crippen molar-refractivity contribution in [2.45, 2.75) is 13.0 Å². The second kappa shape index (κ2) is 3.77. The number of nitrogens with two attached hydrogens (primary N) is 1. The number of hydrogen-bond donors (Lipinski definition) is 1. The second-order valence-electron chi connectivity index (χ2n) is 2.86. The molecule has 2 aromatic rings. The van der Waals surface area contributed by atoms with E-state index in [1.165, 1.54) is 17.7 Å². The molecule has 0 amide bonds. The summed E-state index contributed by atoms with van der Waals surface area (Å²) < 4.78 is 0. The van der Waals surface area contributed by atoms with Crippen molar-refractivity contribution in [3.63, 3.8) is 0 Å². The zero-order chi connectivity index (χ0) is 9.97. The minimum atomic E-state index is -0.0779. The van der Waals surface area contributed by atoms with Crippen LogP contribution in [0.1, 0.15) is 18.0 Å². The van der Waals surface area contributed by atoms with Gasteiger partial charge in [0.05, 0.1) is 6.04 Å². The van der Waals surface area contributed by atoms with Crippen molar-refractivity contribution in [3.05, 3.63) is 23.7 Å². The lowest BCUT2D eigenvalue weighted by molar-refractivity contribution is 0.786. The second-order valence-corrected chi connectivity index (χ2v) is 3.87. The predicted octanol–water partition coefficient (Wildman–Crippen LogP) is 1.01. The monoisotopic (exact) mass is 207 g/mol. The van der Waals surface area contributed by atoms with Gasteiger partial charge in [-0.1, -0.05) is 11.3 Å². The molecule has 2 aromatic heterocycles. The first-order valence-electron chi connectivity index (χ1n) is 4.11. The fourth-order valence-corrected chi connectivity index (χ4v) is 1.72. The van der Waals surface area contributed by atoms with Gasteiger partial charge in [0.1, 0.15) is 11.3 Å². The van der Waals surface area contributed by atoms with E-state index in [0.717, 1.165) is 15.6 Å². The lowest BCUT2D eigenvalue weighted by Gasteiger charge is -1.94. The lowest BCUT2D eigenvalue weighted by Crippen LogP contribution is -2.03. The molecule has 2 rings (SSSR count). The average Bonchev–Trinajstić information content (AvgIpc) is 2.68. The van der Waals surface area contributed by atoms with Crippen LogP contribution in [0.3, 0.4) is 0 Å². The summed E-state index contributed by atoms with van der Waals surface area (Å²) >= 11 is 1.47. The maximum Gasteiger partial charge on any atom is 0.150 e. The van der Waals surface area contributed by atoms with Gasteiger partial charge in [-0.3, -0.25) is 0 Å². The smallest absolute Gasteiger partial charge is 0.150 e. The fourth-order valence-electron chi connectivity index (χ4n) is 0.945. The fraction of sp³-hybridized carbons (Fsp3) is 0.250. The number of hydrogen-bond acceptors (Lipinski definition) is 6. The Kier molecular flexibility index (Phi) is 2.47. The highest BCUT2D eigenvalue weighted by molar-refractivity contribution is 7.14. The molecule has 5 nitrogen and oxygen atoms in total. The SMILES string of the molecule is CC(N)c1nnc(-c2cncnc2)s1. The average molecular weight is 207 g/mol. The van der Waals surface area contributed by atoms with Crippen LogP contribution in [-0.4, -0.2) is 20.2 Å². The van der Waals surface area contributed by atoms with Crippen LogP contribution in [0.4, 0.5) is 0 Å². The molecule has 2 N–H and O–H groups in total. The summed E-state index contributed by atoms with van der Waals surface area (Å²) in [7, 11) is 0. The van der Waals surface area contributed by atoms with Crippen molar-refractivity contribution in [2.75, 3.05) is 0 Å². The van der Waals surface area contributed by atoms with Gasteiger partial charge < -0.3 is 5.73 Å². The van der Waals surface area contributed by atoms with E-state index in [1.807, 2.05) is 6.92 Å². The molecule has 1 atom stereocenters. The van der Waals surface area contributed by atoms with Crippen molar-refractivity contribution in [1.29, 1.82) is 0 Å². The van der Waals surface area contributed by atoms with E-state index in [2.05, 4.69) is 20.2 Å². The predicted molar refractivity (Wildman–Crippen MR) is 53.5 cm³/mol. The van der Waals surface area contributed by atoms with Gasteiger partial charge in [0.2, 0.25) is 0 Å². The molecular formula is C8H9N5S. The van der Waals surface area contributed by atoms with Gasteiger partial charge in [-0.05, 0) is 6.92 Å². The lowest BCUT2D eigenvalue weighted by atomic mass is 10.4. The highest BCUT2D eigenvalue weighted by atomic mass is 32.1. The molecule has 14 heavy (non-hydrogen) atoms. The van der Waals surface area contributed by atoms with E-state index >= 15 is 0 Å². The molecule has 0 aliphatic carbocycles. The first-order valence-corrected chi connectivity index (χ1v) is 4.93. The Morgan fingerprint density at radius 3 is 2.57 bits per heavy atom. The number of rotatable bonds is 2. The van der Waals surface area contributed by atoms with E-state index in [9.17, 15) is 0 Å². The summed E-state index contributed by atoms with van der Waals surface area (Å²) in [5.41, 5.74) is 6.55. The summed E-state index contributed by atoms with van der Waals surface area (Å²) in [6.07, 6.45) is 4.90. The van der Waals surface area contributed by atoms with Crippen LogP contribution in [0.2, 0.25) is 0 Å². The Morgan fingerprint density at radius 2 is 2.00 bits per heavy atom. The molecule has 0 aliphatic heterocycles. The maximum absolute atomic E-state index is 5.68. The molecule has 0 aliphatic rings. The third-order valence-electron chi connectivity index (χ3n) is 1.64. The third kappa shape index (κ3) is 1.75. The number of nitrogens with zero attached hydrogens (tertiary/aromatic N) is 4. The topological polar surface area (TPSA) is 77.6 Å². The van der Waals surface area contributed by atoms with Crippen LogP contribution in [-0.2, 0) is 0 Å². The summed E-state index contributed by atoms with van der Waals surface area (Å²) in [5.74, 6) is 0. The van der Waals surface area contributed by atoms with Crippen LogP contribution < -0.4 is 5.73 Å². The van der Waals surface area contributed by atoms with Crippen LogP contribution in [0.25, 0.3) is 10.6 Å². The Bertz CT molecular complexity index is 411. The van der Waals surface area contributed by atoms with Gasteiger partial charge in [0.25, 0.3) is 0 Å². The van der Waals surface area contributed by atoms with Crippen LogP contribution in [0.15, 0.2) is 18.7 Å². The number of aromatic nitrogens is 4. The zero-order valence-corrected chi connectivity index (χ0v) is 8.40. The summed E-state index contributed by atoms with van der Waals surface area (Å²) in [4.78, 5) is 7.82. The molecule has 0 fully saturated rings. The highest BCUT2D eigenvalue weighted by Gasteiger charge is 2.09. The van der Waals surface area contributed by atoms with Crippen LogP contribution >= 0.6 is 11.3 Å². The Balaban J connectivity index is 2.34. The summed E-state index contributed by atoms with van der Waals surface area (Å²) in [5, 5.41) is 9.62. The van der Waals surface area contributed by atoms with E-state index in [-0.39, 0.29) is 6.04 Å². The molecular weight excluding hydrogens is 198 g/mol. The molecule has 0 aromatic carbocycles. The minimum Gasteiger partial charge on any atom is -0.322 e. The molecule has 1 unspecified atom stereocenters. The van der Waals surface area contributed by atoms with Gasteiger partial charge >= 0.3 is 0 Å². The van der Waals surface area contributed by atoms with Gasteiger partial charge in [0, 0.05) is 18.0 Å². The van der Waals surface area contributed by atoms with Crippen molar-refractivity contribution in [3.8, 4) is 10.6 Å². The Hall–Kier alpha value is -1.40. The van der Waals surface area contributed by atoms with E-state index in [1.54, 1.807) is 12.4 Å². The molecule has 0 spiro atoms. The van der Waals surface area contributed by atoms with Crippen molar-refractivity contribution in [2.24, 2.45) is 5.73 Å². The van der Waals surface area contributed by atoms with Crippen molar-refractivity contribution < 1.29 is 0 Å². The van der Waals surface area contributed by atoms with Gasteiger partial charge in [-0.15, -0.1) is 10.2 Å². The van der Waals surface area contributed by atoms with E-state index in [4.69, 9.17) is 5.73 Å². The molecule has 72 valence electrons. The largest absolute Gasteiger partial charge is 0.322 e. The normalized spacial score (nSPS) is 12.7. The maximum atomic E-state index is 5.68. The van der Waals surface area contributed by atoms with Crippen LogP contribution in [0, 0.1) is 0 Å². The zero-order valence-electron chi connectivity index (χ0n) is 7.58. The molecule has 0 saturated carbocycles. The van der Waals surface area contributed by atoms with Gasteiger partial charge in [-0.25, -0.2) is 9.97 Å². The van der Waals surface area contributed by atoms with E-state index < -0.39 is 0 Å². The van der Waals surface area contributed by atoms with E-state index in [0.29, 0.717) is 0 Å². The van der Waals surface area contributed by atoms with Gasteiger partial charge in [-0.2, -0.15) is 0 Å². The molecule has 6 heteroatoms. The highest BCUT2D eigenvalue weighted by Crippen LogP contribution is 2.24. The third-order valence-corrected chi connectivity index (χ3v) is 2.81. The van der Waals surface area contributed by atoms with Crippen molar-refractivity contribution in [1.82, 2.24) is 20.2 Å². The van der Waals surface area contributed by atoms with Crippen molar-refractivity contribution >= 4 is 11.3 Å². The van der Waals surface area contributed by atoms with Gasteiger partial charge in [0.15, 0.2) is 5.01 Å². The Labute approximate surface area is 85.0 Å². The minimum absolute atomic E-state index is 0.0779. The summed E-state index contributed by atoms with van der Waals surface area (Å²) in [6, 6.07) is -0.0779. The Morgan fingerprint density at radius 1 is 1.29 bits per heavy atom. The first kappa shape index (κ1) is 9.17. The first-order chi connectivity index (χ1) is 6.77. The van der Waals surface area contributed by atoms with Crippen LogP contribution in [0.5, 0.6) is 0 Å². The summed E-state index contributed by atoms with van der Waals surface area (Å²) in [6.45, 7) is 1.88. The molecule has 0 saturated heterocycles. The molecule has 0 radical (unpaired) electrons. The quantitative estimate of drug-likeness (QED) is 0.795.